The molecule has 0 spiro atoms. The van der Waals surface area contributed by atoms with Crippen LogP contribution in [0.25, 0.3) is 0 Å². The second kappa shape index (κ2) is 9.03. The summed E-state index contributed by atoms with van der Waals surface area (Å²) in [4.78, 5) is 26.7. The van der Waals surface area contributed by atoms with Crippen LogP contribution in [0.5, 0.6) is 0 Å². The quantitative estimate of drug-likeness (QED) is 0.694. The average molecular weight is 439 g/mol. The lowest BCUT2D eigenvalue weighted by Gasteiger charge is -2.30. The van der Waals surface area contributed by atoms with Gasteiger partial charge in [-0.3, -0.25) is 9.59 Å². The number of sulfonamides is 1. The Labute approximate surface area is 177 Å². The van der Waals surface area contributed by atoms with E-state index in [2.05, 4.69) is 6.92 Å². The van der Waals surface area contributed by atoms with Crippen LogP contribution >= 0.6 is 0 Å². The monoisotopic (exact) mass is 438 g/mol. The van der Waals surface area contributed by atoms with Crippen LogP contribution < -0.4 is 0 Å². The van der Waals surface area contributed by atoms with Crippen molar-refractivity contribution in [2.75, 3.05) is 26.2 Å². The minimum atomic E-state index is -3.99. The van der Waals surface area contributed by atoms with Crippen molar-refractivity contribution in [1.29, 1.82) is 0 Å². The molecule has 0 radical (unpaired) electrons. The van der Waals surface area contributed by atoms with Crippen LogP contribution in [-0.2, 0) is 24.3 Å². The van der Waals surface area contributed by atoms with Crippen molar-refractivity contribution < 1.29 is 27.9 Å². The van der Waals surface area contributed by atoms with E-state index in [0.29, 0.717) is 19.0 Å². The third-order valence-corrected chi connectivity index (χ3v) is 7.94. The third kappa shape index (κ3) is 4.84. The molecule has 0 aromatic heterocycles. The van der Waals surface area contributed by atoms with Gasteiger partial charge in [-0.05, 0) is 55.9 Å². The Morgan fingerprint density at radius 1 is 1.17 bits per heavy atom. The van der Waals surface area contributed by atoms with Crippen molar-refractivity contribution in [1.82, 2.24) is 9.21 Å². The number of likely N-dealkylation sites (tertiary alicyclic amines) is 1. The maximum absolute atomic E-state index is 13.1. The van der Waals surface area contributed by atoms with E-state index < -0.39 is 34.7 Å². The van der Waals surface area contributed by atoms with Crippen molar-refractivity contribution in [2.45, 2.75) is 57.1 Å². The van der Waals surface area contributed by atoms with Gasteiger partial charge in [-0.1, -0.05) is 13.0 Å². The highest BCUT2D eigenvalue weighted by Gasteiger charge is 2.44. The number of hydrogen-bond donors (Lipinski definition) is 1. The van der Waals surface area contributed by atoms with E-state index in [4.69, 9.17) is 4.74 Å². The minimum absolute atomic E-state index is 0.0572. The van der Waals surface area contributed by atoms with Crippen LogP contribution in [-0.4, -0.2) is 73.0 Å². The van der Waals surface area contributed by atoms with Gasteiger partial charge in [0.1, 0.15) is 6.04 Å². The van der Waals surface area contributed by atoms with Gasteiger partial charge < -0.3 is 14.7 Å². The number of aliphatic hydroxyl groups excluding tert-OH is 1. The first-order valence-corrected chi connectivity index (χ1v) is 11.7. The normalized spacial score (nSPS) is 23.5. The van der Waals surface area contributed by atoms with Gasteiger partial charge in [0.05, 0.1) is 11.0 Å². The lowest BCUT2D eigenvalue weighted by atomic mass is 9.99. The minimum Gasteiger partial charge on any atom is -0.454 e. The van der Waals surface area contributed by atoms with Crippen LogP contribution in [0.2, 0.25) is 0 Å². The number of piperidine rings is 1. The maximum Gasteiger partial charge on any atom is 0.325 e. The van der Waals surface area contributed by atoms with Crippen molar-refractivity contribution in [2.24, 2.45) is 5.92 Å². The van der Waals surface area contributed by atoms with E-state index in [-0.39, 0.29) is 23.8 Å². The molecule has 1 amide bonds. The number of ether oxygens (including phenoxy) is 1. The highest BCUT2D eigenvalue weighted by molar-refractivity contribution is 7.89. The number of nitrogens with zero attached hydrogens (tertiary/aromatic N) is 2. The van der Waals surface area contributed by atoms with Gasteiger partial charge >= 0.3 is 5.97 Å². The summed E-state index contributed by atoms with van der Waals surface area (Å²) in [7, 11) is -3.99. The third-order valence-electron chi connectivity index (χ3n) is 6.06. The van der Waals surface area contributed by atoms with Gasteiger partial charge in [0.25, 0.3) is 5.91 Å². The zero-order valence-electron chi connectivity index (χ0n) is 17.7. The maximum atomic E-state index is 13.1. The molecule has 2 saturated heterocycles. The van der Waals surface area contributed by atoms with E-state index in [1.165, 1.54) is 6.07 Å². The van der Waals surface area contributed by atoms with Gasteiger partial charge in [0.2, 0.25) is 10.0 Å². The van der Waals surface area contributed by atoms with E-state index in [1.54, 1.807) is 17.0 Å². The summed E-state index contributed by atoms with van der Waals surface area (Å²) in [5.41, 5.74) is 1.77. The molecule has 9 heteroatoms. The summed E-state index contributed by atoms with van der Waals surface area (Å²) in [6, 6.07) is 3.60. The summed E-state index contributed by atoms with van der Waals surface area (Å²) in [5, 5.41) is 10.0. The van der Waals surface area contributed by atoms with E-state index in [9.17, 15) is 23.1 Å². The molecule has 1 unspecified atom stereocenters. The molecule has 2 heterocycles. The number of amides is 1. The molecule has 1 N–H and O–H groups in total. The highest BCUT2D eigenvalue weighted by Crippen LogP contribution is 2.28. The second-order valence-corrected chi connectivity index (χ2v) is 10.3. The van der Waals surface area contributed by atoms with Crippen LogP contribution in [0.15, 0.2) is 23.1 Å². The van der Waals surface area contributed by atoms with Crippen molar-refractivity contribution in [3.8, 4) is 0 Å². The molecule has 0 bridgehead atoms. The number of carbonyl (C=O) groups is 2. The Hall–Kier alpha value is -1.97. The molecule has 2 atom stereocenters. The van der Waals surface area contributed by atoms with Crippen molar-refractivity contribution in [3.05, 3.63) is 29.3 Å². The molecule has 2 aliphatic heterocycles. The van der Waals surface area contributed by atoms with E-state index in [1.807, 2.05) is 13.8 Å². The smallest absolute Gasteiger partial charge is 0.325 e. The number of hydrogen-bond acceptors (Lipinski definition) is 6. The zero-order valence-corrected chi connectivity index (χ0v) is 18.5. The largest absolute Gasteiger partial charge is 0.454 e. The molecule has 0 saturated carbocycles. The average Bonchev–Trinajstić information content (AvgIpc) is 3.11. The molecule has 1 aromatic rings. The van der Waals surface area contributed by atoms with Gasteiger partial charge in [-0.2, -0.15) is 4.31 Å². The SMILES string of the molecule is Cc1ccc(S(=O)(=O)N2CC(O)C[C@H]2C(=O)OCC(=O)N2CCC(C)CC2)cc1C. The van der Waals surface area contributed by atoms with E-state index in [0.717, 1.165) is 28.3 Å². The number of carbonyl (C=O) groups excluding carboxylic acids is 2. The Bertz CT molecular complexity index is 908. The molecule has 166 valence electrons. The summed E-state index contributed by atoms with van der Waals surface area (Å²) < 4.78 is 32.4. The first kappa shape index (κ1) is 22.7. The molecule has 3 rings (SSSR count). The van der Waals surface area contributed by atoms with E-state index >= 15 is 0 Å². The number of aliphatic hydroxyl groups is 1. The first-order chi connectivity index (χ1) is 14.1. The van der Waals surface area contributed by atoms with Gasteiger partial charge in [0, 0.05) is 26.1 Å². The number of aryl methyl sites for hydroxylation is 2. The zero-order chi connectivity index (χ0) is 22.1. The Kier molecular flexibility index (Phi) is 6.84. The number of benzene rings is 1. The Balaban J connectivity index is 1.68. The Morgan fingerprint density at radius 3 is 2.47 bits per heavy atom. The first-order valence-electron chi connectivity index (χ1n) is 10.3. The van der Waals surface area contributed by atoms with Crippen molar-refractivity contribution >= 4 is 21.9 Å². The number of rotatable bonds is 5. The van der Waals surface area contributed by atoms with Crippen LogP contribution in [0.4, 0.5) is 0 Å². The molecule has 30 heavy (non-hydrogen) atoms. The predicted octanol–water partition coefficient (Wildman–Crippen LogP) is 1.23. The molecule has 8 nitrogen and oxygen atoms in total. The van der Waals surface area contributed by atoms with Crippen LogP contribution in [0.3, 0.4) is 0 Å². The summed E-state index contributed by atoms with van der Waals surface area (Å²) in [5.74, 6) is -0.518. The fourth-order valence-electron chi connectivity index (χ4n) is 3.85. The highest BCUT2D eigenvalue weighted by atomic mass is 32.2. The Morgan fingerprint density at radius 2 is 1.83 bits per heavy atom. The van der Waals surface area contributed by atoms with Crippen LogP contribution in [0, 0.1) is 19.8 Å². The molecule has 1 aromatic carbocycles. The van der Waals surface area contributed by atoms with Gasteiger partial charge in [0.15, 0.2) is 6.61 Å². The van der Waals surface area contributed by atoms with Crippen molar-refractivity contribution in [3.63, 3.8) is 0 Å². The lowest BCUT2D eigenvalue weighted by molar-refractivity contribution is -0.155. The van der Waals surface area contributed by atoms with Gasteiger partial charge in [-0.25, -0.2) is 8.42 Å². The fraction of sp³-hybridized carbons (Fsp3) is 0.619. The van der Waals surface area contributed by atoms with Crippen LogP contribution in [0.1, 0.15) is 37.3 Å². The topological polar surface area (TPSA) is 104 Å². The standard InChI is InChI=1S/C21H30N2O6S/c1-14-6-8-22(9-7-14)20(25)13-29-21(26)19-11-17(24)12-23(19)30(27,28)18-5-4-15(2)16(3)10-18/h4-5,10,14,17,19,24H,6-9,11-13H2,1-3H3/t17?,19-/m0/s1. The van der Waals surface area contributed by atoms with Gasteiger partial charge in [-0.15, -0.1) is 0 Å². The lowest BCUT2D eigenvalue weighted by Crippen LogP contribution is -2.44. The number of β-amino-alcohol motifs (C(OH)–C–C–N with tert-alkyl or cyclic N) is 1. The predicted molar refractivity (Wildman–Crippen MR) is 110 cm³/mol. The molecule has 0 aliphatic carbocycles. The molecular formula is C21H30N2O6S. The molecule has 2 aliphatic rings. The number of esters is 1. The summed E-state index contributed by atoms with van der Waals surface area (Å²) >= 11 is 0. The summed E-state index contributed by atoms with van der Waals surface area (Å²) in [6.07, 6.45) is 0.800. The summed E-state index contributed by atoms with van der Waals surface area (Å²) in [6.45, 7) is 6.49. The fourth-order valence-corrected chi connectivity index (χ4v) is 5.56. The molecular weight excluding hydrogens is 408 g/mol. The molecule has 2 fully saturated rings. The second-order valence-electron chi connectivity index (χ2n) is 8.40.